The van der Waals surface area contributed by atoms with Gasteiger partial charge in [0.25, 0.3) is 0 Å². The molecule has 0 unspecified atom stereocenters. The summed E-state index contributed by atoms with van der Waals surface area (Å²) in [5.74, 6) is -0.135. The molecule has 0 spiro atoms. The number of hydrogen-bond donors (Lipinski definition) is 6. The zero-order valence-corrected chi connectivity index (χ0v) is 24.6. The highest BCUT2D eigenvalue weighted by Crippen LogP contribution is 2.00. The summed E-state index contributed by atoms with van der Waals surface area (Å²) in [4.78, 5) is 69.2. The van der Waals surface area contributed by atoms with Gasteiger partial charge in [-0.25, -0.2) is 0 Å². The Morgan fingerprint density at radius 3 is 0.875 bits per heavy atom. The molecule has 0 aliphatic rings. The summed E-state index contributed by atoms with van der Waals surface area (Å²) in [6.45, 7) is 4.23. The lowest BCUT2D eigenvalue weighted by Gasteiger charge is -2.08. The normalized spacial score (nSPS) is 10.3. The van der Waals surface area contributed by atoms with E-state index in [4.69, 9.17) is 0 Å². The molecule has 0 fully saturated rings. The van der Waals surface area contributed by atoms with Gasteiger partial charge in [-0.05, 0) is 64.2 Å². The van der Waals surface area contributed by atoms with Gasteiger partial charge < -0.3 is 31.9 Å². The van der Waals surface area contributed by atoms with Crippen molar-refractivity contribution in [2.24, 2.45) is 0 Å². The van der Waals surface area contributed by atoms with Gasteiger partial charge in [-0.1, -0.05) is 0 Å². The number of carbonyl (C=O) groups is 6. The first-order chi connectivity index (χ1) is 19.2. The van der Waals surface area contributed by atoms with Gasteiger partial charge in [-0.15, -0.1) is 0 Å². The predicted octanol–water partition coefficient (Wildman–Crippen LogP) is 1.18. The highest BCUT2D eigenvalue weighted by Gasteiger charge is 2.05. The molecule has 0 saturated carbocycles. The third-order valence-corrected chi connectivity index (χ3v) is 6.09. The minimum absolute atomic E-state index is 0.00692. The molecule has 0 radical (unpaired) electrons. The van der Waals surface area contributed by atoms with Gasteiger partial charge in [-0.3, -0.25) is 28.8 Å². The standard InChI is InChI=1S/C28H52N6O6/c1-23(35)30-18-8-4-14-25(37)32-20-10-6-16-27(39)34-22-12-7-17-28(40)33-21-11-5-15-26(38)31-19-9-3-13-24(36)29-2/h3-22H2,1-2H3,(H,29,36)(H,30,35)(H,31,38)(H,32,37)(H,33,40)(H,34,39). The number of carbonyl (C=O) groups excluding carboxylic acids is 6. The van der Waals surface area contributed by atoms with E-state index < -0.39 is 0 Å². The lowest BCUT2D eigenvalue weighted by molar-refractivity contribution is -0.122. The molecule has 12 heteroatoms. The third kappa shape index (κ3) is 26.4. The fraction of sp³-hybridized carbons (Fsp3) is 0.786. The second-order valence-electron chi connectivity index (χ2n) is 9.84. The zero-order valence-electron chi connectivity index (χ0n) is 24.6. The van der Waals surface area contributed by atoms with Crippen molar-refractivity contribution >= 4 is 35.4 Å². The van der Waals surface area contributed by atoms with Crippen LogP contribution in [0.3, 0.4) is 0 Å². The molecule has 6 amide bonds. The molecule has 0 aliphatic carbocycles. The second-order valence-corrected chi connectivity index (χ2v) is 9.84. The van der Waals surface area contributed by atoms with Gasteiger partial charge >= 0.3 is 0 Å². The molecule has 0 aliphatic heterocycles. The van der Waals surface area contributed by atoms with Crippen LogP contribution in [-0.2, 0) is 28.8 Å². The quantitative estimate of drug-likeness (QED) is 0.0902. The Hall–Kier alpha value is -3.18. The topological polar surface area (TPSA) is 175 Å². The van der Waals surface area contributed by atoms with Crippen molar-refractivity contribution in [3.05, 3.63) is 0 Å². The summed E-state index contributed by atoms with van der Waals surface area (Å²) in [7, 11) is 1.61. The van der Waals surface area contributed by atoms with Crippen LogP contribution in [0.25, 0.3) is 0 Å². The summed E-state index contributed by atoms with van der Waals surface area (Å²) in [5.41, 5.74) is 0. The van der Waals surface area contributed by atoms with E-state index in [1.807, 2.05) is 0 Å². The van der Waals surface area contributed by atoms with E-state index in [9.17, 15) is 28.8 Å². The summed E-state index contributed by atoms with van der Waals surface area (Å²) in [6, 6.07) is 0. The number of hydrogen-bond acceptors (Lipinski definition) is 6. The minimum Gasteiger partial charge on any atom is -0.359 e. The number of rotatable bonds is 25. The van der Waals surface area contributed by atoms with E-state index in [1.165, 1.54) is 6.92 Å². The van der Waals surface area contributed by atoms with Crippen LogP contribution < -0.4 is 31.9 Å². The molecule has 6 N–H and O–H groups in total. The Labute approximate surface area is 239 Å². The average molecular weight is 569 g/mol. The van der Waals surface area contributed by atoms with E-state index in [0.717, 1.165) is 44.9 Å². The largest absolute Gasteiger partial charge is 0.359 e. The van der Waals surface area contributed by atoms with Crippen molar-refractivity contribution in [1.82, 2.24) is 31.9 Å². The molecule has 0 heterocycles. The maximum absolute atomic E-state index is 11.9. The molecule has 0 atom stereocenters. The summed E-state index contributed by atoms with van der Waals surface area (Å²) >= 11 is 0. The van der Waals surface area contributed by atoms with Gasteiger partial charge in [0.1, 0.15) is 0 Å². The smallest absolute Gasteiger partial charge is 0.219 e. The molecule has 230 valence electrons. The molecule has 0 rings (SSSR count). The Morgan fingerprint density at radius 1 is 0.375 bits per heavy atom. The first-order valence-electron chi connectivity index (χ1n) is 14.8. The molecule has 0 aromatic rings. The first-order valence-corrected chi connectivity index (χ1v) is 14.8. The molecule has 0 aromatic heterocycles. The lowest BCUT2D eigenvalue weighted by Crippen LogP contribution is -2.27. The van der Waals surface area contributed by atoms with E-state index in [0.29, 0.717) is 84.1 Å². The molecular formula is C28H52N6O6. The van der Waals surface area contributed by atoms with Crippen molar-refractivity contribution in [3.8, 4) is 0 Å². The maximum atomic E-state index is 11.9. The van der Waals surface area contributed by atoms with Crippen molar-refractivity contribution in [3.63, 3.8) is 0 Å². The molecular weight excluding hydrogens is 516 g/mol. The molecule has 0 bridgehead atoms. The highest BCUT2D eigenvalue weighted by atomic mass is 16.2. The summed E-state index contributed by atoms with van der Waals surface area (Å²) in [5, 5.41) is 16.7. The number of unbranched alkanes of at least 4 members (excludes halogenated alkanes) is 5. The van der Waals surface area contributed by atoms with Crippen LogP contribution in [0.4, 0.5) is 0 Å². The van der Waals surface area contributed by atoms with Crippen LogP contribution in [0.2, 0.25) is 0 Å². The van der Waals surface area contributed by atoms with Gasteiger partial charge in [0.15, 0.2) is 0 Å². The lowest BCUT2D eigenvalue weighted by atomic mass is 10.2. The average Bonchev–Trinajstić information content (AvgIpc) is 2.91. The van der Waals surface area contributed by atoms with Gasteiger partial charge in [0, 0.05) is 78.8 Å². The molecule has 12 nitrogen and oxygen atoms in total. The third-order valence-electron chi connectivity index (χ3n) is 6.09. The minimum atomic E-state index is -0.0659. The first kappa shape index (κ1) is 36.8. The Bertz CT molecular complexity index is 762. The van der Waals surface area contributed by atoms with Crippen LogP contribution in [0.15, 0.2) is 0 Å². The fourth-order valence-corrected chi connectivity index (χ4v) is 3.71. The summed E-state index contributed by atoms with van der Waals surface area (Å²) < 4.78 is 0. The molecule has 40 heavy (non-hydrogen) atoms. The van der Waals surface area contributed by atoms with Crippen LogP contribution in [0.1, 0.15) is 103 Å². The van der Waals surface area contributed by atoms with E-state index >= 15 is 0 Å². The Morgan fingerprint density at radius 2 is 0.625 bits per heavy atom. The molecule has 0 aromatic carbocycles. The van der Waals surface area contributed by atoms with Crippen molar-refractivity contribution in [1.29, 1.82) is 0 Å². The van der Waals surface area contributed by atoms with Gasteiger partial charge in [0.05, 0.1) is 0 Å². The maximum Gasteiger partial charge on any atom is 0.219 e. The number of nitrogens with one attached hydrogen (secondary N) is 6. The van der Waals surface area contributed by atoms with Crippen molar-refractivity contribution in [2.45, 2.75) is 103 Å². The van der Waals surface area contributed by atoms with Gasteiger partial charge in [-0.2, -0.15) is 0 Å². The second kappa shape index (κ2) is 26.1. The predicted molar refractivity (Wildman–Crippen MR) is 154 cm³/mol. The highest BCUT2D eigenvalue weighted by molar-refractivity contribution is 5.77. The molecule has 0 saturated heterocycles. The monoisotopic (exact) mass is 568 g/mol. The van der Waals surface area contributed by atoms with Crippen LogP contribution in [-0.4, -0.2) is 75.2 Å². The zero-order chi connectivity index (χ0) is 29.8. The number of amides is 6. The Kier molecular flexibility index (Phi) is 24.0. The van der Waals surface area contributed by atoms with Crippen LogP contribution in [0.5, 0.6) is 0 Å². The van der Waals surface area contributed by atoms with E-state index in [1.54, 1.807) is 7.05 Å². The van der Waals surface area contributed by atoms with Gasteiger partial charge in [0.2, 0.25) is 35.4 Å². The summed E-state index contributed by atoms with van der Waals surface area (Å²) in [6.07, 6.45) is 9.39. The fourth-order valence-electron chi connectivity index (χ4n) is 3.71. The SMILES string of the molecule is CNC(=O)CCCCNC(=O)CCCCNC(=O)CCCCNC(=O)CCCCNC(=O)CCCCNC(C)=O. The van der Waals surface area contributed by atoms with E-state index in [2.05, 4.69) is 31.9 Å². The van der Waals surface area contributed by atoms with Crippen LogP contribution >= 0.6 is 0 Å². The van der Waals surface area contributed by atoms with E-state index in [-0.39, 0.29) is 35.4 Å². The van der Waals surface area contributed by atoms with Crippen molar-refractivity contribution < 1.29 is 28.8 Å². The van der Waals surface area contributed by atoms with Crippen LogP contribution in [0, 0.1) is 0 Å². The van der Waals surface area contributed by atoms with Crippen molar-refractivity contribution in [2.75, 3.05) is 39.8 Å². The Balaban J connectivity index is 3.48.